The number of amides is 1. The monoisotopic (exact) mass is 575 g/mol. The lowest BCUT2D eigenvalue weighted by Crippen LogP contribution is -2.46. The number of ether oxygens (including phenoxy) is 2. The molecule has 0 radical (unpaired) electrons. The van der Waals surface area contributed by atoms with Gasteiger partial charge in [-0.3, -0.25) is 9.10 Å². The Kier molecular flexibility index (Phi) is 9.20. The Hall–Kier alpha value is -4.90. The Morgan fingerprint density at radius 1 is 0.951 bits per heavy atom. The molecule has 4 rings (SSSR count). The number of carbonyl (C=O) groups excluding carboxylic acids is 2. The largest absolute Gasteiger partial charge is 0.462 e. The lowest BCUT2D eigenvalue weighted by molar-refractivity contribution is -0.121. The van der Waals surface area contributed by atoms with Crippen LogP contribution in [0, 0.1) is 0 Å². The minimum atomic E-state index is -3.82. The highest BCUT2D eigenvalue weighted by molar-refractivity contribution is 7.92. The van der Waals surface area contributed by atoms with E-state index >= 15 is 0 Å². The van der Waals surface area contributed by atoms with Crippen molar-refractivity contribution in [1.82, 2.24) is 5.43 Å². The molecule has 1 atom stereocenters. The zero-order chi connectivity index (χ0) is 29.4. The first kappa shape index (κ1) is 29.1. The third-order valence-electron chi connectivity index (χ3n) is 5.83. The van der Waals surface area contributed by atoms with Gasteiger partial charge in [-0.05, 0) is 74.5 Å². The molecular formula is C30H29N3O7S. The van der Waals surface area contributed by atoms with Crippen molar-refractivity contribution in [3.63, 3.8) is 0 Å². The molecule has 0 saturated heterocycles. The fourth-order valence-electron chi connectivity index (χ4n) is 3.91. The van der Waals surface area contributed by atoms with Crippen molar-refractivity contribution in [3.05, 3.63) is 102 Å². The third kappa shape index (κ3) is 7.61. The molecule has 1 amide bonds. The summed E-state index contributed by atoms with van der Waals surface area (Å²) < 4.78 is 42.7. The summed E-state index contributed by atoms with van der Waals surface area (Å²) in [6.07, 6.45) is 2.33. The van der Waals surface area contributed by atoms with Crippen molar-refractivity contribution in [2.24, 2.45) is 5.10 Å². The van der Waals surface area contributed by atoms with Crippen LogP contribution < -0.4 is 14.5 Å². The third-order valence-corrected chi connectivity index (χ3v) is 7.07. The van der Waals surface area contributed by atoms with Gasteiger partial charge in [0.15, 0.2) is 0 Å². The molecular weight excluding hydrogens is 546 g/mol. The van der Waals surface area contributed by atoms with Crippen LogP contribution in [0.1, 0.15) is 30.0 Å². The number of nitrogens with zero attached hydrogens (tertiary/aromatic N) is 2. The molecule has 0 fully saturated rings. The highest BCUT2D eigenvalue weighted by atomic mass is 32.2. The van der Waals surface area contributed by atoms with Gasteiger partial charge < -0.3 is 13.9 Å². The van der Waals surface area contributed by atoms with E-state index in [1.165, 1.54) is 13.1 Å². The van der Waals surface area contributed by atoms with Gasteiger partial charge in [-0.25, -0.2) is 18.6 Å². The highest BCUT2D eigenvalue weighted by Gasteiger charge is 2.29. The SMILES string of the molecule is CCOC(=O)c1ccc(-c2ccc(/C=N\NC(=O)[C@H](C)N(c3ccc(Oc4ccccc4)cc3)S(C)(=O)=O)o2)cc1. The second kappa shape index (κ2) is 13.0. The van der Waals surface area contributed by atoms with E-state index in [0.29, 0.717) is 40.9 Å². The molecule has 1 aromatic heterocycles. The van der Waals surface area contributed by atoms with Gasteiger partial charge in [0, 0.05) is 5.56 Å². The summed E-state index contributed by atoms with van der Waals surface area (Å²) >= 11 is 0. The Morgan fingerprint density at radius 2 is 1.61 bits per heavy atom. The molecule has 10 nitrogen and oxygen atoms in total. The number of benzene rings is 3. The van der Waals surface area contributed by atoms with Crippen molar-refractivity contribution in [2.45, 2.75) is 19.9 Å². The number of anilines is 1. The fraction of sp³-hybridized carbons (Fsp3) is 0.167. The van der Waals surface area contributed by atoms with E-state index in [1.54, 1.807) is 79.7 Å². The van der Waals surface area contributed by atoms with Gasteiger partial charge in [-0.1, -0.05) is 30.3 Å². The second-order valence-corrected chi connectivity index (χ2v) is 10.7. The summed E-state index contributed by atoms with van der Waals surface area (Å²) in [5.74, 6) is 1.00. The maximum absolute atomic E-state index is 12.8. The molecule has 0 aliphatic carbocycles. The highest BCUT2D eigenvalue weighted by Crippen LogP contribution is 2.27. The zero-order valence-corrected chi connectivity index (χ0v) is 23.5. The van der Waals surface area contributed by atoms with Crippen molar-refractivity contribution in [3.8, 4) is 22.8 Å². The molecule has 1 heterocycles. The van der Waals surface area contributed by atoms with Crippen LogP contribution in [-0.2, 0) is 19.6 Å². The van der Waals surface area contributed by atoms with Crippen LogP contribution >= 0.6 is 0 Å². The van der Waals surface area contributed by atoms with E-state index in [9.17, 15) is 18.0 Å². The second-order valence-electron chi connectivity index (χ2n) is 8.88. The summed E-state index contributed by atoms with van der Waals surface area (Å²) in [6, 6.07) is 24.6. The van der Waals surface area contributed by atoms with Gasteiger partial charge in [-0.15, -0.1) is 0 Å². The molecule has 0 spiro atoms. The van der Waals surface area contributed by atoms with E-state index in [4.69, 9.17) is 13.9 Å². The van der Waals surface area contributed by atoms with Crippen LogP contribution in [0.5, 0.6) is 11.5 Å². The molecule has 0 aliphatic rings. The lowest BCUT2D eigenvalue weighted by atomic mass is 10.1. The predicted molar refractivity (Wildman–Crippen MR) is 156 cm³/mol. The Balaban J connectivity index is 1.39. The van der Waals surface area contributed by atoms with E-state index in [-0.39, 0.29) is 0 Å². The van der Waals surface area contributed by atoms with Crippen LogP contribution in [0.2, 0.25) is 0 Å². The fourth-order valence-corrected chi connectivity index (χ4v) is 5.08. The molecule has 4 aromatic rings. The molecule has 0 saturated carbocycles. The number of nitrogens with one attached hydrogen (secondary N) is 1. The number of hydrazone groups is 1. The molecule has 41 heavy (non-hydrogen) atoms. The van der Waals surface area contributed by atoms with E-state index in [1.807, 2.05) is 18.2 Å². The number of rotatable bonds is 11. The number of hydrogen-bond donors (Lipinski definition) is 1. The molecule has 0 bridgehead atoms. The molecule has 11 heteroatoms. The van der Waals surface area contributed by atoms with Crippen molar-refractivity contribution >= 4 is 33.8 Å². The van der Waals surface area contributed by atoms with Gasteiger partial charge in [0.2, 0.25) is 10.0 Å². The quantitative estimate of drug-likeness (QED) is 0.148. The topological polar surface area (TPSA) is 128 Å². The normalized spacial score (nSPS) is 12.1. The van der Waals surface area contributed by atoms with Gasteiger partial charge in [0.1, 0.15) is 29.1 Å². The maximum Gasteiger partial charge on any atom is 0.338 e. The molecule has 0 aliphatic heterocycles. The average molecular weight is 576 g/mol. The lowest BCUT2D eigenvalue weighted by Gasteiger charge is -2.27. The summed E-state index contributed by atoms with van der Waals surface area (Å²) in [5.41, 5.74) is 3.83. The number of hydrogen-bond acceptors (Lipinski definition) is 8. The van der Waals surface area contributed by atoms with Crippen LogP contribution in [0.4, 0.5) is 5.69 Å². The maximum atomic E-state index is 12.8. The Labute approximate surface area is 238 Å². The number of sulfonamides is 1. The smallest absolute Gasteiger partial charge is 0.338 e. The van der Waals surface area contributed by atoms with Gasteiger partial charge in [0.25, 0.3) is 5.91 Å². The minimum Gasteiger partial charge on any atom is -0.462 e. The van der Waals surface area contributed by atoms with E-state index < -0.39 is 27.9 Å². The number of furan rings is 1. The number of esters is 1. The first-order chi connectivity index (χ1) is 19.7. The number of para-hydroxylation sites is 1. The summed E-state index contributed by atoms with van der Waals surface area (Å²) in [5, 5.41) is 3.93. The van der Waals surface area contributed by atoms with Crippen LogP contribution in [0.15, 0.2) is 101 Å². The Morgan fingerprint density at radius 3 is 2.24 bits per heavy atom. The molecule has 212 valence electrons. The van der Waals surface area contributed by atoms with Crippen molar-refractivity contribution in [1.29, 1.82) is 0 Å². The van der Waals surface area contributed by atoms with Gasteiger partial charge in [0.05, 0.1) is 30.3 Å². The van der Waals surface area contributed by atoms with E-state index in [0.717, 1.165) is 16.1 Å². The first-order valence-corrected chi connectivity index (χ1v) is 14.5. The molecule has 1 N–H and O–H groups in total. The first-order valence-electron chi connectivity index (χ1n) is 12.7. The predicted octanol–water partition coefficient (Wildman–Crippen LogP) is 5.22. The standard InChI is InChI=1S/C30H29N3O7S/c1-4-38-30(35)23-12-10-22(11-13-23)28-19-18-27(40-28)20-31-32-29(34)21(2)33(41(3,36)37)24-14-16-26(17-15-24)39-25-8-6-5-7-9-25/h5-21H,4H2,1-3H3,(H,32,34)/b31-20-/t21-/m0/s1. The zero-order valence-electron chi connectivity index (χ0n) is 22.7. The van der Waals surface area contributed by atoms with E-state index in [2.05, 4.69) is 10.5 Å². The van der Waals surface area contributed by atoms with Crippen LogP contribution in [-0.4, -0.2) is 45.4 Å². The minimum absolute atomic E-state index is 0.292. The van der Waals surface area contributed by atoms with Crippen LogP contribution in [0.3, 0.4) is 0 Å². The molecule has 0 unspecified atom stereocenters. The average Bonchev–Trinajstić information content (AvgIpc) is 3.43. The van der Waals surface area contributed by atoms with Crippen molar-refractivity contribution in [2.75, 3.05) is 17.2 Å². The van der Waals surface area contributed by atoms with Gasteiger partial charge >= 0.3 is 5.97 Å². The van der Waals surface area contributed by atoms with Crippen LogP contribution in [0.25, 0.3) is 11.3 Å². The number of carbonyl (C=O) groups is 2. The molecule has 3 aromatic carbocycles. The summed E-state index contributed by atoms with van der Waals surface area (Å²) in [6.45, 7) is 3.50. The summed E-state index contributed by atoms with van der Waals surface area (Å²) in [4.78, 5) is 24.7. The summed E-state index contributed by atoms with van der Waals surface area (Å²) in [7, 11) is -3.82. The Bertz CT molecular complexity index is 1610. The van der Waals surface area contributed by atoms with Crippen molar-refractivity contribution < 1.29 is 31.9 Å². The van der Waals surface area contributed by atoms with Gasteiger partial charge in [-0.2, -0.15) is 5.10 Å².